The fourth-order valence-electron chi connectivity index (χ4n) is 1.20. The van der Waals surface area contributed by atoms with Crippen LogP contribution in [0.4, 0.5) is 0 Å². The number of hydrogen-bond donors (Lipinski definition) is 0. The molecule has 0 aromatic heterocycles. The van der Waals surface area contributed by atoms with Crippen LogP contribution in [0, 0.1) is 11.3 Å². The summed E-state index contributed by atoms with van der Waals surface area (Å²) in [6.45, 7) is 2.22. The van der Waals surface area contributed by atoms with Crippen molar-refractivity contribution in [3.63, 3.8) is 0 Å². The molecule has 0 unspecified atom stereocenters. The van der Waals surface area contributed by atoms with Gasteiger partial charge >= 0.3 is 0 Å². The average Bonchev–Trinajstić information content (AvgIpc) is 2.16. The first-order valence-electron chi connectivity index (χ1n) is 5.43. The van der Waals surface area contributed by atoms with Gasteiger partial charge in [-0.3, -0.25) is 0 Å². The predicted molar refractivity (Wildman–Crippen MR) is 57.4 cm³/mol. The van der Waals surface area contributed by atoms with Crippen LogP contribution in [0.3, 0.4) is 0 Å². The maximum absolute atomic E-state index is 8.30. The topological polar surface area (TPSA) is 23.8 Å². The molecule has 0 saturated heterocycles. The molecule has 0 atom stereocenters. The molecule has 0 radical (unpaired) electrons. The minimum Gasteiger partial charge on any atom is -0.198 e. The molecule has 0 N–H and O–H groups in total. The molecule has 0 amide bonds. The Kier molecular flexibility index (Phi) is 10.6. The SMILES string of the molecule is CCCCC=CCCCCCC#N. The van der Waals surface area contributed by atoms with Gasteiger partial charge in [-0.1, -0.05) is 38.3 Å². The van der Waals surface area contributed by atoms with Crippen LogP contribution in [0.25, 0.3) is 0 Å². The third kappa shape index (κ3) is 11.2. The average molecular weight is 179 g/mol. The van der Waals surface area contributed by atoms with E-state index in [2.05, 4.69) is 25.1 Å². The lowest BCUT2D eigenvalue weighted by molar-refractivity contribution is 0.698. The largest absolute Gasteiger partial charge is 0.198 e. The molecule has 0 aliphatic rings. The van der Waals surface area contributed by atoms with Gasteiger partial charge in [-0.05, 0) is 25.7 Å². The van der Waals surface area contributed by atoms with Crippen molar-refractivity contribution in [3.8, 4) is 6.07 Å². The highest BCUT2D eigenvalue weighted by Gasteiger charge is 1.86. The number of unbranched alkanes of at least 4 members (excludes halogenated alkanes) is 6. The van der Waals surface area contributed by atoms with Crippen molar-refractivity contribution >= 4 is 0 Å². The lowest BCUT2D eigenvalue weighted by Gasteiger charge is -1.93. The highest BCUT2D eigenvalue weighted by molar-refractivity contribution is 4.81. The Bertz CT molecular complexity index is 153. The summed E-state index contributed by atoms with van der Waals surface area (Å²) in [4.78, 5) is 0. The van der Waals surface area contributed by atoms with E-state index in [1.165, 1.54) is 38.5 Å². The second-order valence-electron chi connectivity index (χ2n) is 3.37. The quantitative estimate of drug-likeness (QED) is 0.404. The Balaban J connectivity index is 2.98. The van der Waals surface area contributed by atoms with Gasteiger partial charge in [-0.2, -0.15) is 5.26 Å². The molecule has 0 bridgehead atoms. The van der Waals surface area contributed by atoms with Crippen molar-refractivity contribution in [2.24, 2.45) is 0 Å². The van der Waals surface area contributed by atoms with E-state index >= 15 is 0 Å². The number of nitrogens with zero attached hydrogens (tertiary/aromatic N) is 1. The molecule has 0 aliphatic heterocycles. The zero-order chi connectivity index (χ0) is 9.78. The van der Waals surface area contributed by atoms with E-state index in [1.54, 1.807) is 0 Å². The Morgan fingerprint density at radius 2 is 1.69 bits per heavy atom. The standard InChI is InChI=1S/C12H21N/c1-2-3-4-5-6-7-8-9-10-11-12-13/h5-6H,2-4,7-11H2,1H3. The summed E-state index contributed by atoms with van der Waals surface area (Å²) in [6.07, 6.45) is 13.8. The van der Waals surface area contributed by atoms with Crippen molar-refractivity contribution in [1.29, 1.82) is 5.26 Å². The summed E-state index contributed by atoms with van der Waals surface area (Å²) in [5.74, 6) is 0. The van der Waals surface area contributed by atoms with Gasteiger partial charge in [0.2, 0.25) is 0 Å². The minimum atomic E-state index is 0.722. The van der Waals surface area contributed by atoms with Crippen molar-refractivity contribution in [2.45, 2.75) is 58.3 Å². The van der Waals surface area contributed by atoms with E-state index in [1.807, 2.05) is 0 Å². The summed E-state index contributed by atoms with van der Waals surface area (Å²) in [5.41, 5.74) is 0. The molecule has 0 rings (SSSR count). The van der Waals surface area contributed by atoms with Crippen LogP contribution >= 0.6 is 0 Å². The predicted octanol–water partition coefficient (Wildman–Crippen LogP) is 4.21. The van der Waals surface area contributed by atoms with Gasteiger partial charge in [0.1, 0.15) is 0 Å². The van der Waals surface area contributed by atoms with Gasteiger partial charge in [0.05, 0.1) is 6.07 Å². The highest BCUT2D eigenvalue weighted by Crippen LogP contribution is 2.04. The Morgan fingerprint density at radius 3 is 2.31 bits per heavy atom. The van der Waals surface area contributed by atoms with E-state index in [4.69, 9.17) is 5.26 Å². The van der Waals surface area contributed by atoms with Crippen molar-refractivity contribution in [3.05, 3.63) is 12.2 Å². The lowest BCUT2D eigenvalue weighted by atomic mass is 10.1. The van der Waals surface area contributed by atoms with Crippen LogP contribution in [0.15, 0.2) is 12.2 Å². The highest BCUT2D eigenvalue weighted by atomic mass is 14.2. The van der Waals surface area contributed by atoms with Crippen molar-refractivity contribution in [1.82, 2.24) is 0 Å². The Hall–Kier alpha value is -0.770. The molecule has 0 saturated carbocycles. The third-order valence-corrected chi connectivity index (χ3v) is 2.05. The summed E-state index contributed by atoms with van der Waals surface area (Å²) in [6, 6.07) is 2.17. The van der Waals surface area contributed by atoms with Crippen LogP contribution < -0.4 is 0 Å². The minimum absolute atomic E-state index is 0.722. The molecule has 0 heterocycles. The van der Waals surface area contributed by atoms with Crippen LogP contribution in [0.5, 0.6) is 0 Å². The smallest absolute Gasteiger partial charge is 0.0621 e. The van der Waals surface area contributed by atoms with Gasteiger partial charge in [0.15, 0.2) is 0 Å². The van der Waals surface area contributed by atoms with E-state index in [0.29, 0.717) is 0 Å². The molecule has 13 heavy (non-hydrogen) atoms. The molecule has 0 aromatic carbocycles. The molecule has 1 heteroatoms. The summed E-state index contributed by atoms with van der Waals surface area (Å²) < 4.78 is 0. The second-order valence-corrected chi connectivity index (χ2v) is 3.37. The number of rotatable bonds is 8. The van der Waals surface area contributed by atoms with E-state index in [9.17, 15) is 0 Å². The van der Waals surface area contributed by atoms with Crippen molar-refractivity contribution < 1.29 is 0 Å². The number of allylic oxidation sites excluding steroid dienone is 2. The van der Waals surface area contributed by atoms with E-state index in [-0.39, 0.29) is 0 Å². The van der Waals surface area contributed by atoms with Crippen LogP contribution in [0.2, 0.25) is 0 Å². The van der Waals surface area contributed by atoms with Gasteiger partial charge in [-0.25, -0.2) is 0 Å². The maximum Gasteiger partial charge on any atom is 0.0621 e. The van der Waals surface area contributed by atoms with Gasteiger partial charge in [-0.15, -0.1) is 0 Å². The molecular weight excluding hydrogens is 158 g/mol. The molecule has 0 fully saturated rings. The summed E-state index contributed by atoms with van der Waals surface area (Å²) in [5, 5.41) is 8.30. The molecule has 1 nitrogen and oxygen atoms in total. The van der Waals surface area contributed by atoms with Crippen molar-refractivity contribution in [2.75, 3.05) is 0 Å². The van der Waals surface area contributed by atoms with Crippen LogP contribution in [-0.2, 0) is 0 Å². The first kappa shape index (κ1) is 12.2. The molecule has 0 aliphatic carbocycles. The zero-order valence-corrected chi connectivity index (χ0v) is 8.76. The first-order chi connectivity index (χ1) is 6.41. The fraction of sp³-hybridized carbons (Fsp3) is 0.750. The Labute approximate surface area is 82.5 Å². The second kappa shape index (κ2) is 11.2. The van der Waals surface area contributed by atoms with E-state index < -0.39 is 0 Å². The number of hydrogen-bond acceptors (Lipinski definition) is 1. The van der Waals surface area contributed by atoms with Gasteiger partial charge in [0, 0.05) is 6.42 Å². The first-order valence-corrected chi connectivity index (χ1v) is 5.43. The summed E-state index contributed by atoms with van der Waals surface area (Å²) in [7, 11) is 0. The fourth-order valence-corrected chi connectivity index (χ4v) is 1.20. The monoisotopic (exact) mass is 179 g/mol. The molecular formula is C12H21N. The molecule has 0 spiro atoms. The van der Waals surface area contributed by atoms with Crippen LogP contribution in [0.1, 0.15) is 58.3 Å². The van der Waals surface area contributed by atoms with Crippen LogP contribution in [-0.4, -0.2) is 0 Å². The zero-order valence-electron chi connectivity index (χ0n) is 8.76. The summed E-state index contributed by atoms with van der Waals surface area (Å²) >= 11 is 0. The lowest BCUT2D eigenvalue weighted by Crippen LogP contribution is -1.75. The Morgan fingerprint density at radius 1 is 1.00 bits per heavy atom. The number of nitriles is 1. The molecule has 74 valence electrons. The van der Waals surface area contributed by atoms with Gasteiger partial charge in [0.25, 0.3) is 0 Å². The third-order valence-electron chi connectivity index (χ3n) is 2.05. The molecule has 0 aromatic rings. The normalized spacial score (nSPS) is 10.5. The van der Waals surface area contributed by atoms with E-state index in [0.717, 1.165) is 12.8 Å². The van der Waals surface area contributed by atoms with Gasteiger partial charge < -0.3 is 0 Å². The maximum atomic E-state index is 8.30.